The van der Waals surface area contributed by atoms with Gasteiger partial charge in [0.2, 0.25) is 5.90 Å². The lowest BCUT2D eigenvalue weighted by Gasteiger charge is -2.23. The van der Waals surface area contributed by atoms with E-state index in [0.717, 1.165) is 36.8 Å². The van der Waals surface area contributed by atoms with Gasteiger partial charge in [0, 0.05) is 0 Å². The molecule has 2 aliphatic rings. The quantitative estimate of drug-likeness (QED) is 0.733. The summed E-state index contributed by atoms with van der Waals surface area (Å²) in [4.78, 5) is 17.2. The summed E-state index contributed by atoms with van der Waals surface area (Å²) in [6.45, 7) is 0.678. The second-order valence-electron chi connectivity index (χ2n) is 8.12. The minimum absolute atomic E-state index is 0.168. The molecule has 2 aromatic rings. The van der Waals surface area contributed by atoms with Crippen molar-refractivity contribution >= 4 is 12.0 Å². The Morgan fingerprint density at radius 3 is 2.37 bits per heavy atom. The number of ether oxygens (including phenoxy) is 2. The summed E-state index contributed by atoms with van der Waals surface area (Å²) in [6, 6.07) is 18.6. The van der Waals surface area contributed by atoms with Crippen molar-refractivity contribution in [2.75, 3.05) is 6.61 Å². The number of rotatable bonds is 7. The van der Waals surface area contributed by atoms with Crippen molar-refractivity contribution in [3.8, 4) is 0 Å². The van der Waals surface area contributed by atoms with Crippen LogP contribution < -0.4 is 5.32 Å². The molecule has 6 heteroatoms. The maximum atomic E-state index is 12.5. The fourth-order valence-electron chi connectivity index (χ4n) is 4.15. The molecule has 2 aromatic carbocycles. The van der Waals surface area contributed by atoms with Crippen molar-refractivity contribution in [3.63, 3.8) is 0 Å². The van der Waals surface area contributed by atoms with Gasteiger partial charge in [-0.15, -0.1) is 0 Å². The van der Waals surface area contributed by atoms with Crippen LogP contribution in [-0.4, -0.2) is 41.4 Å². The first-order valence-corrected chi connectivity index (χ1v) is 10.6. The van der Waals surface area contributed by atoms with E-state index in [1.54, 1.807) is 0 Å². The fraction of sp³-hybridized carbons (Fsp3) is 0.417. The van der Waals surface area contributed by atoms with E-state index in [1.165, 1.54) is 0 Å². The van der Waals surface area contributed by atoms with E-state index in [4.69, 9.17) is 14.5 Å². The molecule has 2 N–H and O–H groups in total. The van der Waals surface area contributed by atoms with Crippen molar-refractivity contribution in [3.05, 3.63) is 71.8 Å². The van der Waals surface area contributed by atoms with Crippen molar-refractivity contribution in [1.82, 2.24) is 5.32 Å². The molecule has 4 rings (SSSR count). The van der Waals surface area contributed by atoms with Gasteiger partial charge in [-0.1, -0.05) is 73.5 Å². The highest BCUT2D eigenvalue weighted by molar-refractivity contribution is 5.84. The van der Waals surface area contributed by atoms with E-state index >= 15 is 0 Å². The van der Waals surface area contributed by atoms with E-state index in [-0.39, 0.29) is 12.1 Å². The number of aliphatic hydroxyl groups is 1. The fourth-order valence-corrected chi connectivity index (χ4v) is 4.15. The van der Waals surface area contributed by atoms with Crippen LogP contribution in [0.25, 0.3) is 0 Å². The number of nitrogens with zero attached hydrogens (tertiary/aromatic N) is 1. The van der Waals surface area contributed by atoms with E-state index in [1.807, 2.05) is 60.7 Å². The lowest BCUT2D eigenvalue weighted by atomic mass is 10.00. The van der Waals surface area contributed by atoms with Crippen LogP contribution in [0.1, 0.15) is 36.8 Å². The number of carbonyl (C=O) groups is 1. The number of nitrogens with one attached hydrogen (secondary N) is 1. The number of amides is 1. The highest BCUT2D eigenvalue weighted by Crippen LogP contribution is 2.37. The minimum Gasteiger partial charge on any atom is -0.476 e. The number of hydrogen-bond donors (Lipinski definition) is 2. The zero-order valence-corrected chi connectivity index (χ0v) is 17.0. The SMILES string of the molecule is O=C(N[C@@H](Cc1ccccc1)C(O)C1=NC2(CCCC2)CO1)OCc1ccccc1. The standard InChI is InChI=1S/C24H28N2O4/c27-21(22-26-24(17-30-22)13-7-8-14-24)20(15-18-9-3-1-4-10-18)25-23(28)29-16-19-11-5-2-6-12-19/h1-6,9-12,20-21,27H,7-8,13-17H2,(H,25,28)/t20-,21?/m0/s1. The van der Waals surface area contributed by atoms with E-state index in [9.17, 15) is 9.90 Å². The molecule has 1 spiro atoms. The maximum Gasteiger partial charge on any atom is 0.407 e. The molecule has 0 radical (unpaired) electrons. The Morgan fingerprint density at radius 2 is 1.70 bits per heavy atom. The van der Waals surface area contributed by atoms with Gasteiger partial charge in [0.15, 0.2) is 0 Å². The molecular formula is C24H28N2O4. The Balaban J connectivity index is 1.44. The normalized spacial score (nSPS) is 19.0. The van der Waals surface area contributed by atoms with Crippen LogP contribution in [0, 0.1) is 0 Å². The van der Waals surface area contributed by atoms with Crippen molar-refractivity contribution in [1.29, 1.82) is 0 Å². The molecule has 2 atom stereocenters. The van der Waals surface area contributed by atoms with Gasteiger partial charge in [0.1, 0.15) is 19.3 Å². The summed E-state index contributed by atoms with van der Waals surface area (Å²) in [5.74, 6) is 0.321. The van der Waals surface area contributed by atoms with Crippen molar-refractivity contribution in [2.24, 2.45) is 4.99 Å². The monoisotopic (exact) mass is 408 g/mol. The molecule has 30 heavy (non-hydrogen) atoms. The zero-order chi connectivity index (χ0) is 20.8. The third-order valence-corrected chi connectivity index (χ3v) is 5.82. The third kappa shape index (κ3) is 5.00. The predicted molar refractivity (Wildman–Crippen MR) is 114 cm³/mol. The average molecular weight is 408 g/mol. The van der Waals surface area contributed by atoms with Gasteiger partial charge in [-0.2, -0.15) is 0 Å². The molecule has 0 aromatic heterocycles. The van der Waals surface area contributed by atoms with Crippen molar-refractivity contribution in [2.45, 2.75) is 56.4 Å². The minimum atomic E-state index is -1.03. The number of aliphatic hydroxyl groups excluding tert-OH is 1. The Morgan fingerprint density at radius 1 is 1.07 bits per heavy atom. The second-order valence-corrected chi connectivity index (χ2v) is 8.12. The predicted octanol–water partition coefficient (Wildman–Crippen LogP) is 3.63. The third-order valence-electron chi connectivity index (χ3n) is 5.82. The van der Waals surface area contributed by atoms with E-state index in [2.05, 4.69) is 5.32 Å². The van der Waals surface area contributed by atoms with Crippen LogP contribution in [0.3, 0.4) is 0 Å². The van der Waals surface area contributed by atoms with Gasteiger partial charge in [0.05, 0.1) is 11.6 Å². The Bertz CT molecular complexity index is 863. The number of hydrogen-bond acceptors (Lipinski definition) is 5. The molecule has 1 fully saturated rings. The van der Waals surface area contributed by atoms with Crippen LogP contribution in [0.4, 0.5) is 4.79 Å². The van der Waals surface area contributed by atoms with Gasteiger partial charge < -0.3 is 19.9 Å². The smallest absolute Gasteiger partial charge is 0.407 e. The molecule has 0 saturated heterocycles. The topological polar surface area (TPSA) is 80.2 Å². The molecule has 1 aliphatic carbocycles. The Kier molecular flexibility index (Phi) is 6.33. The molecule has 1 saturated carbocycles. The number of alkyl carbamates (subject to hydrolysis) is 1. The molecule has 6 nitrogen and oxygen atoms in total. The zero-order valence-electron chi connectivity index (χ0n) is 17.0. The van der Waals surface area contributed by atoms with Gasteiger partial charge in [-0.25, -0.2) is 9.79 Å². The molecular weight excluding hydrogens is 380 g/mol. The summed E-state index contributed by atoms with van der Waals surface area (Å²) in [5, 5.41) is 13.8. The van der Waals surface area contributed by atoms with Crippen LogP contribution in [0.2, 0.25) is 0 Å². The first-order valence-electron chi connectivity index (χ1n) is 10.6. The van der Waals surface area contributed by atoms with Gasteiger partial charge in [0.25, 0.3) is 0 Å². The first kappa shape index (κ1) is 20.4. The van der Waals surface area contributed by atoms with Gasteiger partial charge >= 0.3 is 6.09 Å². The van der Waals surface area contributed by atoms with Crippen molar-refractivity contribution < 1.29 is 19.4 Å². The van der Waals surface area contributed by atoms with E-state index < -0.39 is 18.2 Å². The molecule has 1 unspecified atom stereocenters. The first-order chi connectivity index (χ1) is 14.6. The molecule has 1 heterocycles. The van der Waals surface area contributed by atoms with Crippen LogP contribution in [-0.2, 0) is 22.5 Å². The highest BCUT2D eigenvalue weighted by atomic mass is 16.5. The van der Waals surface area contributed by atoms with Crippen LogP contribution in [0.5, 0.6) is 0 Å². The summed E-state index contributed by atoms with van der Waals surface area (Å²) in [7, 11) is 0. The molecule has 0 bridgehead atoms. The molecule has 1 amide bonds. The average Bonchev–Trinajstić information content (AvgIpc) is 3.42. The number of carbonyl (C=O) groups excluding carboxylic acids is 1. The van der Waals surface area contributed by atoms with Gasteiger partial charge in [-0.05, 0) is 30.4 Å². The number of benzene rings is 2. The summed E-state index contributed by atoms with van der Waals surface area (Å²) in [6.07, 6.45) is 3.07. The lowest BCUT2D eigenvalue weighted by Crippen LogP contribution is -2.48. The summed E-state index contributed by atoms with van der Waals surface area (Å²) in [5.41, 5.74) is 1.71. The van der Waals surface area contributed by atoms with Gasteiger partial charge in [-0.3, -0.25) is 0 Å². The molecule has 158 valence electrons. The number of aliphatic imine (C=N–C) groups is 1. The second kappa shape index (κ2) is 9.30. The Hall–Kier alpha value is -2.86. The van der Waals surface area contributed by atoms with Crippen LogP contribution >= 0.6 is 0 Å². The lowest BCUT2D eigenvalue weighted by molar-refractivity contribution is 0.115. The Labute approximate surface area is 176 Å². The molecule has 1 aliphatic heterocycles. The van der Waals surface area contributed by atoms with Crippen LogP contribution in [0.15, 0.2) is 65.7 Å². The largest absolute Gasteiger partial charge is 0.476 e. The van der Waals surface area contributed by atoms with E-state index in [0.29, 0.717) is 18.9 Å². The highest BCUT2D eigenvalue weighted by Gasteiger charge is 2.42. The summed E-state index contributed by atoms with van der Waals surface area (Å²) >= 11 is 0. The maximum absolute atomic E-state index is 12.5. The summed E-state index contributed by atoms with van der Waals surface area (Å²) < 4.78 is 11.2.